The largest absolute Gasteiger partial charge is 0.314 e. The second-order valence-electron chi connectivity index (χ2n) is 5.18. The summed E-state index contributed by atoms with van der Waals surface area (Å²) < 4.78 is 0. The van der Waals surface area contributed by atoms with Gasteiger partial charge >= 0.3 is 0 Å². The highest BCUT2D eigenvalue weighted by atomic mass is 15.2. The summed E-state index contributed by atoms with van der Waals surface area (Å²) >= 11 is 0. The third-order valence-corrected chi connectivity index (χ3v) is 3.98. The van der Waals surface area contributed by atoms with Crippen molar-refractivity contribution in [2.24, 2.45) is 0 Å². The van der Waals surface area contributed by atoms with Gasteiger partial charge in [0.1, 0.15) is 0 Å². The second kappa shape index (κ2) is 5.19. The van der Waals surface area contributed by atoms with E-state index in [1.54, 1.807) is 0 Å². The average molecular weight is 232 g/mol. The van der Waals surface area contributed by atoms with Gasteiger partial charge in [-0.15, -0.1) is 0 Å². The number of likely N-dealkylation sites (N-methyl/N-ethyl adjacent to an activating group) is 1. The van der Waals surface area contributed by atoms with E-state index in [-0.39, 0.29) is 0 Å². The minimum atomic E-state index is 0.520. The molecular weight excluding hydrogens is 208 g/mol. The lowest BCUT2D eigenvalue weighted by Gasteiger charge is -2.41. The standard InChI is InChI=1S/C15H24N2/c1-5-17(14-9-16-10-14)13(4)15-8-11(2)6-7-12(15)3/h6-8,13-14,16H,5,9-10H2,1-4H3. The Kier molecular flexibility index (Phi) is 3.85. The summed E-state index contributed by atoms with van der Waals surface area (Å²) in [7, 11) is 0. The average Bonchev–Trinajstić information content (AvgIpc) is 2.25. The monoisotopic (exact) mass is 232 g/mol. The molecule has 1 N–H and O–H groups in total. The molecule has 1 aliphatic rings. The normalized spacial score (nSPS) is 18.2. The lowest BCUT2D eigenvalue weighted by molar-refractivity contribution is 0.109. The molecule has 1 aromatic carbocycles. The van der Waals surface area contributed by atoms with E-state index in [4.69, 9.17) is 0 Å². The van der Waals surface area contributed by atoms with E-state index in [2.05, 4.69) is 56.1 Å². The first kappa shape index (κ1) is 12.6. The van der Waals surface area contributed by atoms with Crippen LogP contribution < -0.4 is 5.32 Å². The van der Waals surface area contributed by atoms with Gasteiger partial charge in [0.25, 0.3) is 0 Å². The van der Waals surface area contributed by atoms with Crippen molar-refractivity contribution in [1.82, 2.24) is 10.2 Å². The maximum atomic E-state index is 3.37. The van der Waals surface area contributed by atoms with Crippen molar-refractivity contribution in [3.05, 3.63) is 34.9 Å². The van der Waals surface area contributed by atoms with E-state index in [1.165, 1.54) is 16.7 Å². The molecule has 0 aliphatic carbocycles. The van der Waals surface area contributed by atoms with Crippen LogP contribution in [0.25, 0.3) is 0 Å². The molecule has 1 atom stereocenters. The zero-order valence-corrected chi connectivity index (χ0v) is 11.5. The zero-order valence-electron chi connectivity index (χ0n) is 11.5. The highest BCUT2D eigenvalue weighted by Crippen LogP contribution is 2.26. The summed E-state index contributed by atoms with van der Waals surface area (Å²) in [6.45, 7) is 12.4. The molecule has 0 saturated carbocycles. The van der Waals surface area contributed by atoms with Gasteiger partial charge in [0.2, 0.25) is 0 Å². The molecule has 0 spiro atoms. The molecule has 0 amide bonds. The fraction of sp³-hybridized carbons (Fsp3) is 0.600. The molecule has 2 rings (SSSR count). The van der Waals surface area contributed by atoms with E-state index in [0.29, 0.717) is 6.04 Å². The predicted octanol–water partition coefficient (Wildman–Crippen LogP) is 2.66. The Bertz CT molecular complexity index is 383. The maximum absolute atomic E-state index is 3.37. The van der Waals surface area contributed by atoms with E-state index in [1.807, 2.05) is 0 Å². The van der Waals surface area contributed by atoms with Gasteiger partial charge in [-0.05, 0) is 38.4 Å². The number of nitrogens with one attached hydrogen (secondary N) is 1. The molecule has 1 fully saturated rings. The molecule has 0 aromatic heterocycles. The minimum Gasteiger partial charge on any atom is -0.314 e. The predicted molar refractivity (Wildman–Crippen MR) is 73.4 cm³/mol. The molecular formula is C15H24N2. The van der Waals surface area contributed by atoms with Crippen molar-refractivity contribution in [3.8, 4) is 0 Å². The summed E-state index contributed by atoms with van der Waals surface area (Å²) in [5.74, 6) is 0. The van der Waals surface area contributed by atoms with Crippen molar-refractivity contribution >= 4 is 0 Å². The molecule has 2 nitrogen and oxygen atoms in total. The first-order valence-electron chi connectivity index (χ1n) is 6.67. The minimum absolute atomic E-state index is 0.520. The second-order valence-corrected chi connectivity index (χ2v) is 5.18. The Morgan fingerprint density at radius 2 is 2.06 bits per heavy atom. The van der Waals surface area contributed by atoms with Crippen LogP contribution in [0.4, 0.5) is 0 Å². The van der Waals surface area contributed by atoms with E-state index >= 15 is 0 Å². The summed E-state index contributed by atoms with van der Waals surface area (Å²) in [6, 6.07) is 8.03. The van der Waals surface area contributed by atoms with Gasteiger partial charge in [0.05, 0.1) is 0 Å². The van der Waals surface area contributed by atoms with Crippen molar-refractivity contribution in [2.75, 3.05) is 19.6 Å². The summed E-state index contributed by atoms with van der Waals surface area (Å²) in [5, 5.41) is 3.37. The Balaban J connectivity index is 2.21. The van der Waals surface area contributed by atoms with Crippen LogP contribution in [0.15, 0.2) is 18.2 Å². The number of nitrogens with zero attached hydrogens (tertiary/aromatic N) is 1. The van der Waals surface area contributed by atoms with Crippen LogP contribution >= 0.6 is 0 Å². The van der Waals surface area contributed by atoms with Crippen LogP contribution in [0.2, 0.25) is 0 Å². The van der Waals surface area contributed by atoms with Crippen molar-refractivity contribution in [1.29, 1.82) is 0 Å². The van der Waals surface area contributed by atoms with Gasteiger partial charge in [-0.2, -0.15) is 0 Å². The topological polar surface area (TPSA) is 15.3 Å². The maximum Gasteiger partial charge on any atom is 0.0351 e. The Morgan fingerprint density at radius 1 is 1.35 bits per heavy atom. The van der Waals surface area contributed by atoms with Gasteiger partial charge in [-0.1, -0.05) is 30.7 Å². The lowest BCUT2D eigenvalue weighted by Crippen LogP contribution is -2.57. The quantitative estimate of drug-likeness (QED) is 0.858. The van der Waals surface area contributed by atoms with Crippen molar-refractivity contribution in [3.63, 3.8) is 0 Å². The lowest BCUT2D eigenvalue weighted by atomic mass is 9.96. The third kappa shape index (κ3) is 2.53. The molecule has 2 heteroatoms. The number of hydrogen-bond donors (Lipinski definition) is 1. The molecule has 1 aliphatic heterocycles. The number of benzene rings is 1. The van der Waals surface area contributed by atoms with Crippen LogP contribution in [0.5, 0.6) is 0 Å². The number of aryl methyl sites for hydroxylation is 2. The Labute approximate surface area is 105 Å². The summed E-state index contributed by atoms with van der Waals surface area (Å²) in [4.78, 5) is 2.61. The van der Waals surface area contributed by atoms with Crippen LogP contribution in [0.1, 0.15) is 36.6 Å². The highest BCUT2D eigenvalue weighted by molar-refractivity contribution is 5.32. The summed E-state index contributed by atoms with van der Waals surface area (Å²) in [6.07, 6.45) is 0. The molecule has 1 heterocycles. The van der Waals surface area contributed by atoms with Crippen LogP contribution in [0, 0.1) is 13.8 Å². The van der Waals surface area contributed by atoms with E-state index in [9.17, 15) is 0 Å². The van der Waals surface area contributed by atoms with Crippen LogP contribution in [0.3, 0.4) is 0 Å². The zero-order chi connectivity index (χ0) is 12.4. The Morgan fingerprint density at radius 3 is 2.59 bits per heavy atom. The molecule has 17 heavy (non-hydrogen) atoms. The van der Waals surface area contributed by atoms with E-state index < -0.39 is 0 Å². The van der Waals surface area contributed by atoms with Crippen molar-refractivity contribution < 1.29 is 0 Å². The molecule has 0 radical (unpaired) electrons. The third-order valence-electron chi connectivity index (χ3n) is 3.98. The molecule has 1 aromatic rings. The fourth-order valence-electron chi connectivity index (χ4n) is 2.74. The molecule has 0 bridgehead atoms. The van der Waals surface area contributed by atoms with Crippen molar-refractivity contribution in [2.45, 2.75) is 39.8 Å². The molecule has 1 saturated heterocycles. The van der Waals surface area contributed by atoms with Crippen LogP contribution in [-0.4, -0.2) is 30.6 Å². The summed E-state index contributed by atoms with van der Waals surface area (Å²) in [5.41, 5.74) is 4.26. The number of hydrogen-bond acceptors (Lipinski definition) is 2. The van der Waals surface area contributed by atoms with Gasteiger partial charge in [-0.25, -0.2) is 0 Å². The first-order valence-corrected chi connectivity index (χ1v) is 6.67. The number of rotatable bonds is 4. The Hall–Kier alpha value is -0.860. The SMILES string of the molecule is CCN(C1CNC1)C(C)c1cc(C)ccc1C. The van der Waals surface area contributed by atoms with E-state index in [0.717, 1.165) is 25.7 Å². The van der Waals surface area contributed by atoms with Gasteiger partial charge < -0.3 is 5.32 Å². The molecule has 94 valence electrons. The molecule has 1 unspecified atom stereocenters. The first-order chi connectivity index (χ1) is 8.13. The smallest absolute Gasteiger partial charge is 0.0351 e. The van der Waals surface area contributed by atoms with Gasteiger partial charge in [0.15, 0.2) is 0 Å². The van der Waals surface area contributed by atoms with Gasteiger partial charge in [0, 0.05) is 25.2 Å². The highest BCUT2D eigenvalue weighted by Gasteiger charge is 2.28. The van der Waals surface area contributed by atoms with Gasteiger partial charge in [-0.3, -0.25) is 4.90 Å². The fourth-order valence-corrected chi connectivity index (χ4v) is 2.74. The van der Waals surface area contributed by atoms with Crippen LogP contribution in [-0.2, 0) is 0 Å².